The number of benzene rings is 3. The van der Waals surface area contributed by atoms with Gasteiger partial charge < -0.3 is 10.1 Å². The van der Waals surface area contributed by atoms with Crippen molar-refractivity contribution in [2.45, 2.75) is 0 Å². The minimum Gasteiger partial charge on any atom is -0.483 e. The Balaban J connectivity index is 1.68. The molecule has 0 aliphatic rings. The van der Waals surface area contributed by atoms with Crippen molar-refractivity contribution in [2.75, 3.05) is 11.9 Å². The normalized spacial score (nSPS) is 10.6. The van der Waals surface area contributed by atoms with Gasteiger partial charge in [-0.2, -0.15) is 0 Å². The van der Waals surface area contributed by atoms with Gasteiger partial charge in [-0.25, -0.2) is 0 Å². The monoisotopic (exact) mass is 423 g/mol. The Hall–Kier alpha value is -1.75. The Bertz CT molecular complexity index is 915. The van der Waals surface area contributed by atoms with Gasteiger partial charge in [0, 0.05) is 5.69 Å². The van der Waals surface area contributed by atoms with Crippen molar-refractivity contribution in [3.8, 4) is 5.75 Å². The van der Waals surface area contributed by atoms with Crippen molar-refractivity contribution in [3.05, 3.63) is 69.1 Å². The number of nitrogens with one attached hydrogen (secondary N) is 1. The third kappa shape index (κ3) is 3.83. The molecule has 3 aromatic carbocycles. The maximum atomic E-state index is 12.0. The molecule has 0 aromatic heterocycles. The summed E-state index contributed by atoms with van der Waals surface area (Å²) in [5.41, 5.74) is 0.565. The summed E-state index contributed by atoms with van der Waals surface area (Å²) in [6, 6.07) is 16.6. The Morgan fingerprint density at radius 2 is 1.83 bits per heavy atom. The molecule has 0 fully saturated rings. The van der Waals surface area contributed by atoms with Gasteiger partial charge in [-0.3, -0.25) is 4.79 Å². The molecular weight excluding hydrogens is 413 g/mol. The van der Waals surface area contributed by atoms with Crippen molar-refractivity contribution >= 4 is 61.5 Å². The molecule has 3 rings (SSSR count). The first kappa shape index (κ1) is 17.1. The van der Waals surface area contributed by atoms with E-state index < -0.39 is 0 Å². The highest BCUT2D eigenvalue weighted by Gasteiger charge is 2.09. The zero-order valence-corrected chi connectivity index (χ0v) is 15.5. The molecule has 24 heavy (non-hydrogen) atoms. The minimum absolute atomic E-state index is 0.114. The first-order valence-corrected chi connectivity index (χ1v) is 8.64. The number of halogens is 3. The molecule has 0 saturated carbocycles. The molecule has 0 aliphatic heterocycles. The average molecular weight is 425 g/mol. The van der Waals surface area contributed by atoms with E-state index in [9.17, 15) is 4.79 Å². The maximum absolute atomic E-state index is 12.0. The van der Waals surface area contributed by atoms with E-state index in [1.165, 1.54) is 0 Å². The lowest BCUT2D eigenvalue weighted by Crippen LogP contribution is -2.20. The lowest BCUT2D eigenvalue weighted by atomic mass is 10.1. The van der Waals surface area contributed by atoms with Gasteiger partial charge in [0.05, 0.1) is 14.5 Å². The van der Waals surface area contributed by atoms with Crippen LogP contribution in [0.15, 0.2) is 59.1 Å². The summed E-state index contributed by atoms with van der Waals surface area (Å²) in [6.45, 7) is -0.114. The van der Waals surface area contributed by atoms with Crippen LogP contribution in [0.4, 0.5) is 5.69 Å². The topological polar surface area (TPSA) is 38.3 Å². The highest BCUT2D eigenvalue weighted by molar-refractivity contribution is 9.10. The smallest absolute Gasteiger partial charge is 0.262 e. The van der Waals surface area contributed by atoms with Crippen LogP contribution in [0.5, 0.6) is 5.75 Å². The maximum Gasteiger partial charge on any atom is 0.262 e. The molecule has 3 aromatic rings. The number of carbonyl (C=O) groups is 1. The Morgan fingerprint density at radius 3 is 2.62 bits per heavy atom. The van der Waals surface area contributed by atoms with Crippen LogP contribution in [0.2, 0.25) is 10.0 Å². The van der Waals surface area contributed by atoms with Crippen molar-refractivity contribution in [3.63, 3.8) is 0 Å². The van der Waals surface area contributed by atoms with E-state index in [1.807, 2.05) is 36.4 Å². The first-order valence-electron chi connectivity index (χ1n) is 7.09. The molecule has 0 radical (unpaired) electrons. The second-order valence-electron chi connectivity index (χ2n) is 5.06. The van der Waals surface area contributed by atoms with Crippen LogP contribution in [0.3, 0.4) is 0 Å². The van der Waals surface area contributed by atoms with Crippen molar-refractivity contribution < 1.29 is 9.53 Å². The number of anilines is 1. The summed E-state index contributed by atoms with van der Waals surface area (Å²) in [5.74, 6) is 0.325. The van der Waals surface area contributed by atoms with Gasteiger partial charge in [0.1, 0.15) is 5.75 Å². The minimum atomic E-state index is -0.284. The van der Waals surface area contributed by atoms with Gasteiger partial charge in [0.25, 0.3) is 5.91 Å². The number of hydrogen-bond donors (Lipinski definition) is 1. The Morgan fingerprint density at radius 1 is 1.04 bits per heavy atom. The molecule has 0 saturated heterocycles. The molecule has 1 amide bonds. The summed E-state index contributed by atoms with van der Waals surface area (Å²) in [7, 11) is 0. The third-order valence-electron chi connectivity index (χ3n) is 3.39. The van der Waals surface area contributed by atoms with Crippen LogP contribution in [-0.2, 0) is 4.79 Å². The fraction of sp³-hybridized carbons (Fsp3) is 0.0556. The Kier molecular flexibility index (Phi) is 5.29. The van der Waals surface area contributed by atoms with E-state index >= 15 is 0 Å². The van der Waals surface area contributed by atoms with Crippen LogP contribution in [-0.4, -0.2) is 12.5 Å². The molecule has 122 valence electrons. The van der Waals surface area contributed by atoms with E-state index in [0.29, 0.717) is 21.5 Å². The number of amides is 1. The van der Waals surface area contributed by atoms with Crippen LogP contribution < -0.4 is 10.1 Å². The van der Waals surface area contributed by atoms with Crippen molar-refractivity contribution in [1.29, 1.82) is 0 Å². The molecule has 0 bridgehead atoms. The van der Waals surface area contributed by atoms with E-state index in [0.717, 1.165) is 15.2 Å². The highest BCUT2D eigenvalue weighted by Crippen LogP contribution is 2.33. The second kappa shape index (κ2) is 7.43. The summed E-state index contributed by atoms with van der Waals surface area (Å²) >= 11 is 15.3. The summed E-state index contributed by atoms with van der Waals surface area (Å²) < 4.78 is 6.44. The predicted molar refractivity (Wildman–Crippen MR) is 102 cm³/mol. The molecule has 1 N–H and O–H groups in total. The largest absolute Gasteiger partial charge is 0.483 e. The van der Waals surface area contributed by atoms with Gasteiger partial charge in [-0.1, -0.05) is 53.5 Å². The van der Waals surface area contributed by atoms with Gasteiger partial charge >= 0.3 is 0 Å². The molecule has 6 heteroatoms. The zero-order valence-electron chi connectivity index (χ0n) is 12.4. The van der Waals surface area contributed by atoms with Gasteiger partial charge in [0.15, 0.2) is 6.61 Å². The molecule has 3 nitrogen and oxygen atoms in total. The fourth-order valence-electron chi connectivity index (χ4n) is 2.24. The Labute approximate surface area is 157 Å². The molecule has 0 spiro atoms. The zero-order chi connectivity index (χ0) is 17.1. The number of ether oxygens (including phenoxy) is 1. The van der Waals surface area contributed by atoms with E-state index in [-0.39, 0.29) is 12.5 Å². The number of carbonyl (C=O) groups excluding carboxylic acids is 1. The van der Waals surface area contributed by atoms with Gasteiger partial charge in [-0.05, 0) is 51.0 Å². The second-order valence-corrected chi connectivity index (χ2v) is 6.67. The van der Waals surface area contributed by atoms with Crippen molar-refractivity contribution in [2.24, 2.45) is 0 Å². The van der Waals surface area contributed by atoms with Crippen LogP contribution in [0.25, 0.3) is 10.8 Å². The van der Waals surface area contributed by atoms with E-state index in [4.69, 9.17) is 27.9 Å². The highest BCUT2D eigenvalue weighted by atomic mass is 79.9. The van der Waals surface area contributed by atoms with Gasteiger partial charge in [0.2, 0.25) is 0 Å². The molecule has 0 heterocycles. The SMILES string of the molecule is O=C(COc1ccc2ccccc2c1Br)Nc1ccc(Cl)c(Cl)c1. The molecular formula is C18H12BrCl2NO2. The predicted octanol–water partition coefficient (Wildman–Crippen LogP) is 5.93. The van der Waals surface area contributed by atoms with E-state index in [1.54, 1.807) is 18.2 Å². The quantitative estimate of drug-likeness (QED) is 0.563. The summed E-state index contributed by atoms with van der Waals surface area (Å²) in [4.78, 5) is 12.0. The van der Waals surface area contributed by atoms with Crippen LogP contribution in [0.1, 0.15) is 0 Å². The summed E-state index contributed by atoms with van der Waals surface area (Å²) in [5, 5.41) is 5.65. The summed E-state index contributed by atoms with van der Waals surface area (Å²) in [6.07, 6.45) is 0. The molecule has 0 aliphatic carbocycles. The first-order chi connectivity index (χ1) is 11.5. The molecule has 0 unspecified atom stereocenters. The van der Waals surface area contributed by atoms with Crippen molar-refractivity contribution in [1.82, 2.24) is 0 Å². The number of hydrogen-bond acceptors (Lipinski definition) is 2. The fourth-order valence-corrected chi connectivity index (χ4v) is 3.15. The van der Waals surface area contributed by atoms with Gasteiger partial charge in [-0.15, -0.1) is 0 Å². The van der Waals surface area contributed by atoms with E-state index in [2.05, 4.69) is 21.2 Å². The third-order valence-corrected chi connectivity index (χ3v) is 4.95. The standard InChI is InChI=1S/C18H12BrCl2NO2/c19-18-13-4-2-1-3-11(13)5-8-16(18)24-10-17(23)22-12-6-7-14(20)15(21)9-12/h1-9H,10H2,(H,22,23). The van der Waals surface area contributed by atoms with Crippen LogP contribution >= 0.6 is 39.1 Å². The number of rotatable bonds is 4. The molecule has 0 atom stereocenters. The lowest BCUT2D eigenvalue weighted by molar-refractivity contribution is -0.118. The number of fused-ring (bicyclic) bond motifs is 1. The van der Waals surface area contributed by atoms with Crippen LogP contribution in [0, 0.1) is 0 Å². The lowest BCUT2D eigenvalue weighted by Gasteiger charge is -2.11. The average Bonchev–Trinajstić information content (AvgIpc) is 2.58.